The van der Waals surface area contributed by atoms with Gasteiger partial charge < -0.3 is 11.3 Å². The molecule has 0 spiro atoms. The van der Waals surface area contributed by atoms with Gasteiger partial charge in [-0.1, -0.05) is 27.7 Å². The van der Waals surface area contributed by atoms with E-state index >= 15 is 0 Å². The zero-order chi connectivity index (χ0) is 12.0. The molecule has 0 saturated heterocycles. The summed E-state index contributed by atoms with van der Waals surface area (Å²) in [4.78, 5) is 0. The van der Waals surface area contributed by atoms with E-state index in [4.69, 9.17) is 4.43 Å². The molecule has 0 N–H and O–H groups in total. The van der Waals surface area contributed by atoms with E-state index in [1.54, 1.807) is 0 Å². The van der Waals surface area contributed by atoms with Crippen molar-refractivity contribution in [2.24, 2.45) is 5.92 Å². The van der Waals surface area contributed by atoms with Crippen LogP contribution in [0.1, 0.15) is 27.7 Å². The van der Waals surface area contributed by atoms with Crippen molar-refractivity contribution in [3.05, 3.63) is 6.92 Å². The van der Waals surface area contributed by atoms with Crippen LogP contribution in [0.15, 0.2) is 0 Å². The van der Waals surface area contributed by atoms with Crippen LogP contribution < -0.4 is 0 Å². The van der Waals surface area contributed by atoms with Gasteiger partial charge in [0.2, 0.25) is 0 Å². The number of hydrogen-bond donors (Lipinski definition) is 0. The summed E-state index contributed by atoms with van der Waals surface area (Å²) in [5.41, 5.74) is 0. The molecule has 0 aliphatic carbocycles. The molecule has 82 valence electrons. The molecule has 4 heteroatoms. The first-order chi connectivity index (χ1) is 6.17. The molecule has 0 aliphatic rings. The molecular formula is C10H23BrOSiZn. The molecule has 0 unspecified atom stereocenters. The predicted octanol–water partition coefficient (Wildman–Crippen LogP) is 4.32. The van der Waals surface area contributed by atoms with E-state index in [-0.39, 0.29) is 0 Å². The van der Waals surface area contributed by atoms with Crippen molar-refractivity contribution >= 4 is 21.9 Å². The van der Waals surface area contributed by atoms with E-state index in [2.05, 4.69) is 61.3 Å². The van der Waals surface area contributed by atoms with E-state index in [1.165, 1.54) is 16.3 Å². The Morgan fingerprint density at radius 2 is 1.71 bits per heavy atom. The van der Waals surface area contributed by atoms with Gasteiger partial charge in [0.15, 0.2) is 8.32 Å². The third-order valence-corrected chi connectivity index (χ3v) is 7.04. The fourth-order valence-electron chi connectivity index (χ4n) is 0.567. The average molecular weight is 333 g/mol. The third-order valence-electron chi connectivity index (χ3n) is 2.53. The molecule has 0 heterocycles. The molecule has 0 rings (SSSR count). The Morgan fingerprint density at radius 1 is 1.36 bits per heavy atom. The van der Waals surface area contributed by atoms with Crippen molar-refractivity contribution in [1.82, 2.24) is 0 Å². The van der Waals surface area contributed by atoms with Gasteiger partial charge in [-0.05, 0) is 18.1 Å². The Kier molecular flexibility index (Phi) is 9.51. The van der Waals surface area contributed by atoms with Gasteiger partial charge in [-0.3, -0.25) is 0 Å². The van der Waals surface area contributed by atoms with Crippen LogP contribution in [0.2, 0.25) is 18.1 Å². The number of hydrogen-bond acceptors (Lipinski definition) is 1. The first-order valence-corrected chi connectivity index (χ1v) is 14.8. The summed E-state index contributed by atoms with van der Waals surface area (Å²) in [6.45, 7) is 18.1. The quantitative estimate of drug-likeness (QED) is 0.552. The monoisotopic (exact) mass is 330 g/mol. The summed E-state index contributed by atoms with van der Waals surface area (Å²) in [6.07, 6.45) is 0. The summed E-state index contributed by atoms with van der Waals surface area (Å²) >= 11 is 4.25. The van der Waals surface area contributed by atoms with Gasteiger partial charge >= 0.3 is 30.0 Å². The van der Waals surface area contributed by atoms with Crippen LogP contribution in [0.3, 0.4) is 0 Å². The normalized spacial score (nSPS) is 14.4. The first-order valence-electron chi connectivity index (χ1n) is 4.90. The van der Waals surface area contributed by atoms with Crippen molar-refractivity contribution in [2.75, 3.05) is 6.61 Å². The second kappa shape index (κ2) is 7.54. The second-order valence-electron chi connectivity index (χ2n) is 5.18. The Labute approximate surface area is 108 Å². The van der Waals surface area contributed by atoms with Crippen LogP contribution in [-0.4, -0.2) is 14.9 Å². The summed E-state index contributed by atoms with van der Waals surface area (Å²) in [7, 11) is -1.51. The van der Waals surface area contributed by atoms with E-state index in [0.29, 0.717) is 11.0 Å². The van der Waals surface area contributed by atoms with Crippen LogP contribution in [-0.2, 0) is 20.8 Å². The van der Waals surface area contributed by atoms with Crippen LogP contribution in [0, 0.1) is 12.8 Å². The zero-order valence-electron chi connectivity index (χ0n) is 10.5. The Balaban J connectivity index is 0. The molecule has 0 bridgehead atoms. The third kappa shape index (κ3) is 7.56. The van der Waals surface area contributed by atoms with Gasteiger partial charge in [0.05, 0.1) is 0 Å². The maximum absolute atomic E-state index is 5.93. The molecule has 1 atom stereocenters. The summed E-state index contributed by atoms with van der Waals surface area (Å²) in [6, 6.07) is 0. The minimum absolute atomic E-state index is 0.321. The molecule has 0 aromatic rings. The number of halogens is 1. The van der Waals surface area contributed by atoms with E-state index in [9.17, 15) is 0 Å². The van der Waals surface area contributed by atoms with E-state index in [0.717, 1.165) is 6.61 Å². The van der Waals surface area contributed by atoms with Gasteiger partial charge in [-0.15, -0.1) is 5.92 Å². The molecule has 14 heavy (non-hydrogen) atoms. The van der Waals surface area contributed by atoms with Gasteiger partial charge in [0.25, 0.3) is 0 Å². The first kappa shape index (κ1) is 17.7. The molecule has 1 nitrogen and oxygen atoms in total. The van der Waals surface area contributed by atoms with Crippen LogP contribution in [0.4, 0.5) is 0 Å². The SMILES string of the molecule is [CH2-][C@H](C)CO[Si](C)(C)C(C)(C)C.[Zn+][Br]. The minimum atomic E-state index is -1.51. The van der Waals surface area contributed by atoms with Crippen LogP contribution >= 0.6 is 13.6 Å². The molecule has 0 aliphatic heterocycles. The van der Waals surface area contributed by atoms with Gasteiger partial charge in [-0.25, -0.2) is 0 Å². The topological polar surface area (TPSA) is 9.23 Å². The average Bonchev–Trinajstić information content (AvgIpc) is 2.03. The van der Waals surface area contributed by atoms with Crippen molar-refractivity contribution in [2.45, 2.75) is 45.8 Å². The summed E-state index contributed by atoms with van der Waals surface area (Å²) in [5.74, 6) is 0.402. The molecule has 0 aromatic carbocycles. The van der Waals surface area contributed by atoms with Gasteiger partial charge in [-0.2, -0.15) is 0 Å². The molecule has 0 fully saturated rings. The second-order valence-corrected chi connectivity index (χ2v) is 9.99. The van der Waals surface area contributed by atoms with Crippen molar-refractivity contribution < 1.29 is 20.8 Å². The molecule has 0 saturated carbocycles. The van der Waals surface area contributed by atoms with Crippen molar-refractivity contribution in [3.63, 3.8) is 0 Å². The Hall–Kier alpha value is 1.28. The van der Waals surface area contributed by atoms with Crippen molar-refractivity contribution in [3.8, 4) is 0 Å². The fourth-order valence-corrected chi connectivity index (χ4v) is 1.70. The maximum atomic E-state index is 5.93. The van der Waals surface area contributed by atoms with Crippen molar-refractivity contribution in [1.29, 1.82) is 0 Å². The Morgan fingerprint density at radius 3 is 1.93 bits per heavy atom. The van der Waals surface area contributed by atoms with E-state index in [1.807, 2.05) is 0 Å². The van der Waals surface area contributed by atoms with Crippen LogP contribution in [0.5, 0.6) is 0 Å². The number of rotatable bonds is 3. The zero-order valence-corrected chi connectivity index (χ0v) is 16.0. The molecular weight excluding hydrogens is 309 g/mol. The predicted molar refractivity (Wildman–Crippen MR) is 66.6 cm³/mol. The molecule has 0 radical (unpaired) electrons. The summed E-state index contributed by atoms with van der Waals surface area (Å²) in [5, 5.41) is 0.321. The molecule has 0 amide bonds. The van der Waals surface area contributed by atoms with Gasteiger partial charge in [0, 0.05) is 6.61 Å². The fraction of sp³-hybridized carbons (Fsp3) is 0.900. The standard InChI is InChI=1S/C10H23OSi.BrH.Zn/c1-9(2)8-11-12(6,7)10(3,4)5;;/h9H,1,8H2,2-7H3;1H;/q-1;;+2/p-1/t9-;;/m1../s1. The van der Waals surface area contributed by atoms with E-state index < -0.39 is 8.32 Å². The molecule has 0 aromatic heterocycles. The van der Waals surface area contributed by atoms with Gasteiger partial charge in [0.1, 0.15) is 0 Å². The Bertz CT molecular complexity index is 144. The summed E-state index contributed by atoms with van der Waals surface area (Å²) < 4.78 is 5.93. The van der Waals surface area contributed by atoms with Crippen LogP contribution in [0.25, 0.3) is 0 Å².